The van der Waals surface area contributed by atoms with Crippen LogP contribution in [0.2, 0.25) is 0 Å². The number of nitrogens with two attached hydrogens (primary N) is 1. The van der Waals surface area contributed by atoms with Crippen molar-refractivity contribution < 1.29 is 15.4 Å². The van der Waals surface area contributed by atoms with Crippen molar-refractivity contribution >= 4 is 5.97 Å². The maximum absolute atomic E-state index is 10.4. The molecule has 5 N–H and O–H groups in total. The number of carboxylic acids is 1. The molecule has 0 amide bonds. The summed E-state index contributed by atoms with van der Waals surface area (Å²) in [7, 11) is 0. The van der Waals surface area contributed by atoms with Crippen molar-refractivity contribution in [1.82, 2.24) is 0 Å². The first-order valence-corrected chi connectivity index (χ1v) is 3.07. The zero-order valence-corrected chi connectivity index (χ0v) is 5.92. The van der Waals surface area contributed by atoms with Crippen LogP contribution in [0.1, 0.15) is 19.8 Å². The van der Waals surface area contributed by atoms with Crippen molar-refractivity contribution in [3.8, 4) is 0 Å². The van der Waals surface area contributed by atoms with Crippen LogP contribution in [-0.4, -0.2) is 22.1 Å². The molecule has 0 heterocycles. The average molecular weight is 147 g/mol. The fourth-order valence-electron chi connectivity index (χ4n) is 0.858. The largest absolute Gasteiger partial charge is 0.480 e. The topological polar surface area (TPSA) is 94.8 Å². The first kappa shape index (κ1) is 9.39. The van der Waals surface area contributed by atoms with Crippen molar-refractivity contribution in [1.29, 1.82) is 0 Å². The molecule has 1 aliphatic rings. The molecule has 4 nitrogen and oxygen atoms in total. The van der Waals surface area contributed by atoms with Crippen LogP contribution in [0.5, 0.6) is 0 Å². The van der Waals surface area contributed by atoms with Crippen LogP contribution in [0.25, 0.3) is 0 Å². The maximum atomic E-state index is 10.4. The SMILES string of the molecule is CC(N)(C(=O)O)C1CC1.O. The highest BCUT2D eigenvalue weighted by molar-refractivity contribution is 5.78. The van der Waals surface area contributed by atoms with Crippen LogP contribution in [-0.2, 0) is 4.79 Å². The van der Waals surface area contributed by atoms with Crippen molar-refractivity contribution in [3.63, 3.8) is 0 Å². The quantitative estimate of drug-likeness (QED) is 0.544. The summed E-state index contributed by atoms with van der Waals surface area (Å²) in [4.78, 5) is 10.4. The van der Waals surface area contributed by atoms with Gasteiger partial charge in [0.1, 0.15) is 5.54 Å². The van der Waals surface area contributed by atoms with Crippen LogP contribution < -0.4 is 5.73 Å². The molecule has 0 aliphatic heterocycles. The predicted molar refractivity (Wildman–Crippen MR) is 36.6 cm³/mol. The number of hydrogen-bond acceptors (Lipinski definition) is 2. The minimum absolute atomic E-state index is 0. The van der Waals surface area contributed by atoms with Crippen LogP contribution in [0.4, 0.5) is 0 Å². The predicted octanol–water partition coefficient (Wildman–Crippen LogP) is -0.626. The van der Waals surface area contributed by atoms with Gasteiger partial charge in [-0.2, -0.15) is 0 Å². The molecule has 1 rings (SSSR count). The van der Waals surface area contributed by atoms with E-state index in [0.29, 0.717) is 0 Å². The molecule has 0 radical (unpaired) electrons. The molecule has 0 bridgehead atoms. The third-order valence-corrected chi connectivity index (χ3v) is 1.89. The van der Waals surface area contributed by atoms with Gasteiger partial charge >= 0.3 is 5.97 Å². The average Bonchev–Trinajstić information content (AvgIpc) is 2.42. The van der Waals surface area contributed by atoms with E-state index in [1.807, 2.05) is 0 Å². The molecule has 0 spiro atoms. The van der Waals surface area contributed by atoms with Crippen molar-refractivity contribution in [2.75, 3.05) is 0 Å². The molecule has 1 unspecified atom stereocenters. The zero-order valence-electron chi connectivity index (χ0n) is 5.92. The van der Waals surface area contributed by atoms with Gasteiger partial charge in [0, 0.05) is 0 Å². The van der Waals surface area contributed by atoms with Crippen LogP contribution in [0, 0.1) is 5.92 Å². The lowest BCUT2D eigenvalue weighted by molar-refractivity contribution is -0.143. The first-order valence-electron chi connectivity index (χ1n) is 3.07. The molecule has 1 saturated carbocycles. The fraction of sp³-hybridized carbons (Fsp3) is 0.833. The van der Waals surface area contributed by atoms with Gasteiger partial charge in [-0.25, -0.2) is 0 Å². The van der Waals surface area contributed by atoms with Gasteiger partial charge in [-0.15, -0.1) is 0 Å². The van der Waals surface area contributed by atoms with Gasteiger partial charge in [0.2, 0.25) is 0 Å². The molecule has 0 aromatic heterocycles. The molecule has 1 fully saturated rings. The molecular formula is C6H13NO3. The lowest BCUT2D eigenvalue weighted by atomic mass is 9.98. The summed E-state index contributed by atoms with van der Waals surface area (Å²) in [5.74, 6) is -0.667. The molecule has 0 saturated heterocycles. The number of hydrogen-bond donors (Lipinski definition) is 2. The van der Waals surface area contributed by atoms with Gasteiger partial charge in [-0.3, -0.25) is 4.79 Å². The number of aliphatic carboxylic acids is 1. The Morgan fingerprint density at radius 3 is 2.20 bits per heavy atom. The fourth-order valence-corrected chi connectivity index (χ4v) is 0.858. The second-order valence-corrected chi connectivity index (χ2v) is 2.86. The highest BCUT2D eigenvalue weighted by Gasteiger charge is 2.44. The second-order valence-electron chi connectivity index (χ2n) is 2.86. The number of rotatable bonds is 2. The minimum Gasteiger partial charge on any atom is -0.480 e. The maximum Gasteiger partial charge on any atom is 0.323 e. The monoisotopic (exact) mass is 147 g/mol. The summed E-state index contributed by atoms with van der Waals surface area (Å²) in [5.41, 5.74) is 4.49. The Bertz CT molecular complexity index is 140. The van der Waals surface area contributed by atoms with Gasteiger partial charge in [0.15, 0.2) is 0 Å². The highest BCUT2D eigenvalue weighted by atomic mass is 16.4. The van der Waals surface area contributed by atoms with Gasteiger partial charge in [-0.05, 0) is 25.7 Å². The van der Waals surface area contributed by atoms with E-state index in [-0.39, 0.29) is 11.4 Å². The summed E-state index contributed by atoms with van der Waals surface area (Å²) in [6.45, 7) is 1.58. The molecule has 10 heavy (non-hydrogen) atoms. The molecule has 60 valence electrons. The summed E-state index contributed by atoms with van der Waals surface area (Å²) < 4.78 is 0. The van der Waals surface area contributed by atoms with Gasteiger partial charge in [-0.1, -0.05) is 0 Å². The van der Waals surface area contributed by atoms with Crippen molar-refractivity contribution in [2.45, 2.75) is 25.3 Å². The van der Waals surface area contributed by atoms with E-state index in [0.717, 1.165) is 12.8 Å². The van der Waals surface area contributed by atoms with Crippen LogP contribution >= 0.6 is 0 Å². The van der Waals surface area contributed by atoms with E-state index in [2.05, 4.69) is 0 Å². The second kappa shape index (κ2) is 2.56. The van der Waals surface area contributed by atoms with Crippen LogP contribution in [0.15, 0.2) is 0 Å². The summed E-state index contributed by atoms with van der Waals surface area (Å²) in [6, 6.07) is 0. The Labute approximate surface area is 59.3 Å². The van der Waals surface area contributed by atoms with Gasteiger partial charge in [0.05, 0.1) is 0 Å². The lowest BCUT2D eigenvalue weighted by Crippen LogP contribution is -2.46. The first-order chi connectivity index (χ1) is 4.05. The van der Waals surface area contributed by atoms with E-state index >= 15 is 0 Å². The Kier molecular flexibility index (Phi) is 2.40. The summed E-state index contributed by atoms with van der Waals surface area (Å²) in [6.07, 6.45) is 1.94. The van der Waals surface area contributed by atoms with Gasteiger partial charge < -0.3 is 16.3 Å². The normalized spacial score (nSPS) is 22.6. The Balaban J connectivity index is 0.000000810. The van der Waals surface area contributed by atoms with Gasteiger partial charge in [0.25, 0.3) is 0 Å². The third-order valence-electron chi connectivity index (χ3n) is 1.89. The summed E-state index contributed by atoms with van der Waals surface area (Å²) >= 11 is 0. The molecule has 1 atom stereocenters. The zero-order chi connectivity index (χ0) is 7.07. The Hall–Kier alpha value is -0.610. The summed E-state index contributed by atoms with van der Waals surface area (Å²) in [5, 5.41) is 8.53. The Morgan fingerprint density at radius 1 is 1.70 bits per heavy atom. The highest BCUT2D eigenvalue weighted by Crippen LogP contribution is 2.37. The van der Waals surface area contributed by atoms with E-state index in [1.165, 1.54) is 0 Å². The third kappa shape index (κ3) is 1.46. The van der Waals surface area contributed by atoms with Crippen molar-refractivity contribution in [2.24, 2.45) is 11.7 Å². The molecule has 4 heteroatoms. The smallest absolute Gasteiger partial charge is 0.323 e. The van der Waals surface area contributed by atoms with E-state index in [4.69, 9.17) is 10.8 Å². The Morgan fingerprint density at radius 2 is 2.10 bits per heavy atom. The molecule has 0 aromatic carbocycles. The molecular weight excluding hydrogens is 134 g/mol. The van der Waals surface area contributed by atoms with E-state index in [9.17, 15) is 4.79 Å². The molecule has 0 aromatic rings. The number of carboxylic acid groups (broad SMARTS) is 1. The minimum atomic E-state index is -0.972. The van der Waals surface area contributed by atoms with Crippen molar-refractivity contribution in [3.05, 3.63) is 0 Å². The number of carbonyl (C=O) groups is 1. The van der Waals surface area contributed by atoms with E-state index < -0.39 is 11.5 Å². The van der Waals surface area contributed by atoms with Crippen LogP contribution in [0.3, 0.4) is 0 Å². The lowest BCUT2D eigenvalue weighted by Gasteiger charge is -2.17. The standard InChI is InChI=1S/C6H11NO2.H2O/c1-6(7,5(8)9)4-2-3-4;/h4H,2-3,7H2,1H3,(H,8,9);1H2. The van der Waals surface area contributed by atoms with E-state index in [1.54, 1.807) is 6.92 Å². The molecule has 1 aliphatic carbocycles.